The molecule has 2 rings (SSSR count). The fraction of sp³-hybridized carbons (Fsp3) is 0.0769. The van der Waals surface area contributed by atoms with Crippen molar-refractivity contribution in [2.75, 3.05) is 0 Å². The van der Waals surface area contributed by atoms with E-state index in [4.69, 9.17) is 9.88 Å². The van der Waals surface area contributed by atoms with Gasteiger partial charge in [0.1, 0.15) is 17.3 Å². The van der Waals surface area contributed by atoms with E-state index < -0.39 is 38.1 Å². The van der Waals surface area contributed by atoms with Crippen LogP contribution < -0.4 is 9.88 Å². The fourth-order valence-electron chi connectivity index (χ4n) is 1.63. The SMILES string of the molecule is NS(=O)(=O)c1ccc(OCc2cccc(F)c2)c(F)c1F. The molecule has 0 heterocycles. The van der Waals surface area contributed by atoms with Gasteiger partial charge in [-0.15, -0.1) is 0 Å². The summed E-state index contributed by atoms with van der Waals surface area (Å²) in [7, 11) is -4.37. The van der Waals surface area contributed by atoms with Crippen LogP contribution in [0, 0.1) is 17.5 Å². The molecule has 4 nitrogen and oxygen atoms in total. The molecular formula is C13H10F3NO3S. The summed E-state index contributed by atoms with van der Waals surface area (Å²) in [5.74, 6) is -4.08. The number of hydrogen-bond acceptors (Lipinski definition) is 3. The summed E-state index contributed by atoms with van der Waals surface area (Å²) in [5.41, 5.74) is 0.408. The first kappa shape index (κ1) is 15.3. The second kappa shape index (κ2) is 5.74. The lowest BCUT2D eigenvalue weighted by Gasteiger charge is -2.09. The van der Waals surface area contributed by atoms with E-state index in [1.807, 2.05) is 0 Å². The molecule has 112 valence electrons. The number of halogens is 3. The van der Waals surface area contributed by atoms with Gasteiger partial charge in [0.2, 0.25) is 15.8 Å². The van der Waals surface area contributed by atoms with Crippen LogP contribution in [-0.2, 0) is 16.6 Å². The Bertz CT molecular complexity index is 778. The molecule has 0 fully saturated rings. The van der Waals surface area contributed by atoms with Gasteiger partial charge < -0.3 is 4.74 Å². The van der Waals surface area contributed by atoms with Gasteiger partial charge in [-0.1, -0.05) is 12.1 Å². The predicted molar refractivity (Wildman–Crippen MR) is 68.5 cm³/mol. The van der Waals surface area contributed by atoms with Crippen LogP contribution in [0.1, 0.15) is 5.56 Å². The van der Waals surface area contributed by atoms with Crippen LogP contribution in [0.5, 0.6) is 5.75 Å². The van der Waals surface area contributed by atoms with E-state index in [0.29, 0.717) is 5.56 Å². The van der Waals surface area contributed by atoms with Gasteiger partial charge in [-0.25, -0.2) is 22.3 Å². The summed E-state index contributed by atoms with van der Waals surface area (Å²) in [6.45, 7) is -0.206. The zero-order valence-electron chi connectivity index (χ0n) is 10.5. The first-order chi connectivity index (χ1) is 9.79. The van der Waals surface area contributed by atoms with E-state index >= 15 is 0 Å². The number of hydrogen-bond donors (Lipinski definition) is 1. The Morgan fingerprint density at radius 2 is 1.76 bits per heavy atom. The molecule has 0 aromatic heterocycles. The normalized spacial score (nSPS) is 11.4. The Morgan fingerprint density at radius 3 is 2.38 bits per heavy atom. The smallest absolute Gasteiger partial charge is 0.241 e. The van der Waals surface area contributed by atoms with E-state index in [2.05, 4.69) is 0 Å². The van der Waals surface area contributed by atoms with E-state index in [0.717, 1.165) is 12.1 Å². The van der Waals surface area contributed by atoms with Crippen molar-refractivity contribution in [2.45, 2.75) is 11.5 Å². The van der Waals surface area contributed by atoms with Crippen molar-refractivity contribution < 1.29 is 26.3 Å². The van der Waals surface area contributed by atoms with Crippen molar-refractivity contribution >= 4 is 10.0 Å². The van der Waals surface area contributed by atoms with Gasteiger partial charge in [-0.3, -0.25) is 0 Å². The molecule has 8 heteroatoms. The van der Waals surface area contributed by atoms with Crippen LogP contribution in [0.2, 0.25) is 0 Å². The number of nitrogens with two attached hydrogens (primary N) is 1. The second-order valence-electron chi connectivity index (χ2n) is 4.15. The lowest BCUT2D eigenvalue weighted by molar-refractivity contribution is 0.282. The first-order valence-electron chi connectivity index (χ1n) is 5.67. The van der Waals surface area contributed by atoms with Gasteiger partial charge in [0, 0.05) is 0 Å². The largest absolute Gasteiger partial charge is 0.486 e. The average molecular weight is 317 g/mol. The highest BCUT2D eigenvalue weighted by molar-refractivity contribution is 7.89. The molecule has 0 saturated heterocycles. The number of primary sulfonamides is 1. The molecule has 2 aromatic carbocycles. The Labute approximate surface area is 119 Å². The average Bonchev–Trinajstić information content (AvgIpc) is 2.39. The summed E-state index contributed by atoms with van der Waals surface area (Å²) in [6, 6.07) is 7.12. The molecular weight excluding hydrogens is 307 g/mol. The summed E-state index contributed by atoms with van der Waals surface area (Å²) in [5, 5.41) is 4.74. The predicted octanol–water partition coefficient (Wildman–Crippen LogP) is 2.33. The number of ether oxygens (including phenoxy) is 1. The van der Waals surface area contributed by atoms with Crippen LogP contribution >= 0.6 is 0 Å². The molecule has 0 bridgehead atoms. The Hall–Kier alpha value is -2.06. The van der Waals surface area contributed by atoms with Crippen LogP contribution in [0.15, 0.2) is 41.3 Å². The molecule has 0 atom stereocenters. The summed E-state index contributed by atoms with van der Waals surface area (Å²) >= 11 is 0. The summed E-state index contributed by atoms with van der Waals surface area (Å²) in [6.07, 6.45) is 0. The van der Waals surface area contributed by atoms with Crippen LogP contribution in [0.3, 0.4) is 0 Å². The van der Waals surface area contributed by atoms with E-state index in [1.54, 1.807) is 0 Å². The van der Waals surface area contributed by atoms with Gasteiger partial charge in [-0.2, -0.15) is 4.39 Å². The van der Waals surface area contributed by atoms with E-state index in [1.165, 1.54) is 24.3 Å². The Balaban J connectivity index is 2.24. The molecule has 0 radical (unpaired) electrons. The molecule has 0 aliphatic rings. The lowest BCUT2D eigenvalue weighted by Crippen LogP contribution is -2.15. The van der Waals surface area contributed by atoms with Gasteiger partial charge in [0.05, 0.1) is 0 Å². The lowest BCUT2D eigenvalue weighted by atomic mass is 10.2. The second-order valence-corrected chi connectivity index (χ2v) is 5.68. The van der Waals surface area contributed by atoms with Gasteiger partial charge in [0.25, 0.3) is 0 Å². The third kappa shape index (κ3) is 3.53. The van der Waals surface area contributed by atoms with Crippen molar-refractivity contribution in [3.05, 3.63) is 59.4 Å². The van der Waals surface area contributed by atoms with Crippen LogP contribution in [0.25, 0.3) is 0 Å². The molecule has 0 aliphatic carbocycles. The zero-order chi connectivity index (χ0) is 15.6. The highest BCUT2D eigenvalue weighted by Crippen LogP contribution is 2.25. The molecule has 0 aliphatic heterocycles. The minimum absolute atomic E-state index is 0.206. The maximum Gasteiger partial charge on any atom is 0.241 e. The molecule has 2 aromatic rings. The highest BCUT2D eigenvalue weighted by Gasteiger charge is 2.21. The zero-order valence-corrected chi connectivity index (χ0v) is 11.3. The minimum atomic E-state index is -4.37. The molecule has 21 heavy (non-hydrogen) atoms. The van der Waals surface area contributed by atoms with E-state index in [-0.39, 0.29) is 6.61 Å². The van der Waals surface area contributed by atoms with Crippen molar-refractivity contribution in [3.8, 4) is 5.75 Å². The molecule has 0 amide bonds. The molecule has 0 unspecified atom stereocenters. The maximum absolute atomic E-state index is 13.7. The van der Waals surface area contributed by atoms with Crippen molar-refractivity contribution in [1.29, 1.82) is 0 Å². The third-order valence-electron chi connectivity index (χ3n) is 2.60. The van der Waals surface area contributed by atoms with Crippen molar-refractivity contribution in [1.82, 2.24) is 0 Å². The van der Waals surface area contributed by atoms with Crippen LogP contribution in [-0.4, -0.2) is 8.42 Å². The van der Waals surface area contributed by atoms with E-state index in [9.17, 15) is 21.6 Å². The molecule has 2 N–H and O–H groups in total. The quantitative estimate of drug-likeness (QED) is 0.941. The van der Waals surface area contributed by atoms with Crippen LogP contribution in [0.4, 0.5) is 13.2 Å². The standard InChI is InChI=1S/C13H10F3NO3S/c14-9-3-1-2-8(6-9)7-20-10-4-5-11(21(17,18)19)13(16)12(10)15/h1-6H,7H2,(H2,17,18,19). The summed E-state index contributed by atoms with van der Waals surface area (Å²) < 4.78 is 67.3. The highest BCUT2D eigenvalue weighted by atomic mass is 32.2. The topological polar surface area (TPSA) is 69.4 Å². The number of benzene rings is 2. The van der Waals surface area contributed by atoms with Gasteiger partial charge >= 0.3 is 0 Å². The maximum atomic E-state index is 13.7. The first-order valence-corrected chi connectivity index (χ1v) is 7.21. The Morgan fingerprint density at radius 1 is 1.05 bits per heavy atom. The number of rotatable bonds is 4. The molecule has 0 spiro atoms. The third-order valence-corrected chi connectivity index (χ3v) is 3.53. The van der Waals surface area contributed by atoms with Crippen molar-refractivity contribution in [3.63, 3.8) is 0 Å². The molecule has 0 saturated carbocycles. The summed E-state index contributed by atoms with van der Waals surface area (Å²) in [4.78, 5) is -0.960. The fourth-order valence-corrected chi connectivity index (χ4v) is 2.23. The number of sulfonamides is 1. The minimum Gasteiger partial charge on any atom is -0.486 e. The Kier molecular flexibility index (Phi) is 4.19. The van der Waals surface area contributed by atoms with Crippen molar-refractivity contribution in [2.24, 2.45) is 5.14 Å². The van der Waals surface area contributed by atoms with Gasteiger partial charge in [0.15, 0.2) is 11.6 Å². The monoisotopic (exact) mass is 317 g/mol. The van der Waals surface area contributed by atoms with Gasteiger partial charge in [-0.05, 0) is 29.8 Å².